The van der Waals surface area contributed by atoms with Crippen LogP contribution >= 0.6 is 11.6 Å². The van der Waals surface area contributed by atoms with Crippen LogP contribution in [0, 0.1) is 0 Å². The molecule has 0 aliphatic heterocycles. The molecular weight excluding hydrogens is 402 g/mol. The fourth-order valence-corrected chi connectivity index (χ4v) is 3.69. The number of ether oxygens (including phenoxy) is 1. The molecule has 1 aromatic carbocycles. The summed E-state index contributed by atoms with van der Waals surface area (Å²) in [4.78, 5) is 3.02. The lowest BCUT2D eigenvalue weighted by Gasteiger charge is -2.28. The van der Waals surface area contributed by atoms with Crippen molar-refractivity contribution in [3.05, 3.63) is 58.8 Å². The van der Waals surface area contributed by atoms with Crippen LogP contribution in [0.25, 0.3) is 5.53 Å². The van der Waals surface area contributed by atoms with Gasteiger partial charge in [-0.1, -0.05) is 36.9 Å². The van der Waals surface area contributed by atoms with Gasteiger partial charge in [0.05, 0.1) is 24.1 Å². The molecular formula is C19H24ClN3O4S. The zero-order valence-corrected chi connectivity index (χ0v) is 17.2. The zero-order valence-electron chi connectivity index (χ0n) is 15.6. The fourth-order valence-electron chi connectivity index (χ4n) is 3.09. The first-order valence-corrected chi connectivity index (χ1v) is 10.8. The molecule has 0 bridgehead atoms. The summed E-state index contributed by atoms with van der Waals surface area (Å²) >= 11 is 5.49. The van der Waals surface area contributed by atoms with Crippen molar-refractivity contribution in [3.8, 4) is 0 Å². The number of nitrogens with zero attached hydrogens (tertiary/aromatic N) is 2. The average molecular weight is 426 g/mol. The van der Waals surface area contributed by atoms with E-state index in [0.29, 0.717) is 16.8 Å². The van der Waals surface area contributed by atoms with Crippen LogP contribution in [-0.4, -0.2) is 42.7 Å². The zero-order chi connectivity index (χ0) is 20.6. The van der Waals surface area contributed by atoms with Crippen LogP contribution in [0.3, 0.4) is 0 Å². The number of methoxy groups -OCH3 is 1. The van der Waals surface area contributed by atoms with Crippen LogP contribution in [0.5, 0.6) is 0 Å². The molecule has 0 amide bonds. The van der Waals surface area contributed by atoms with Crippen LogP contribution in [0.1, 0.15) is 32.1 Å². The van der Waals surface area contributed by atoms with Crippen LogP contribution in [0.15, 0.2) is 53.1 Å². The molecule has 0 heterocycles. The van der Waals surface area contributed by atoms with Crippen LogP contribution in [0.4, 0.5) is 0 Å². The van der Waals surface area contributed by atoms with Crippen molar-refractivity contribution in [2.24, 2.45) is 0 Å². The number of hydrogen-bond donors (Lipinski definition) is 2. The van der Waals surface area contributed by atoms with Crippen molar-refractivity contribution < 1.29 is 22.5 Å². The smallest absolute Gasteiger partial charge is 0.318 e. The summed E-state index contributed by atoms with van der Waals surface area (Å²) in [7, 11) is -2.43. The van der Waals surface area contributed by atoms with Crippen LogP contribution in [-0.2, 0) is 14.9 Å². The Balaban J connectivity index is 0.000000221. The van der Waals surface area contributed by atoms with Crippen LogP contribution < -0.4 is 5.32 Å². The third-order valence-corrected chi connectivity index (χ3v) is 5.66. The number of halogens is 1. The van der Waals surface area contributed by atoms with E-state index in [1.165, 1.54) is 56.4 Å². The Morgan fingerprint density at radius 2 is 1.86 bits per heavy atom. The van der Waals surface area contributed by atoms with Crippen molar-refractivity contribution in [1.29, 1.82) is 0 Å². The normalized spacial score (nSPS) is 19.9. The number of rotatable bonds is 4. The first-order chi connectivity index (χ1) is 13.3. The predicted octanol–water partition coefficient (Wildman–Crippen LogP) is 3.63. The van der Waals surface area contributed by atoms with Gasteiger partial charge in [0.15, 0.2) is 0 Å². The summed E-state index contributed by atoms with van der Waals surface area (Å²) in [6.07, 6.45) is 12.0. The minimum absolute atomic E-state index is 0.105. The van der Waals surface area contributed by atoms with Gasteiger partial charge in [0.1, 0.15) is 5.76 Å². The van der Waals surface area contributed by atoms with Gasteiger partial charge in [-0.2, -0.15) is 13.2 Å². The Morgan fingerprint density at radius 3 is 2.39 bits per heavy atom. The Morgan fingerprint density at radius 1 is 1.21 bits per heavy atom. The molecule has 3 rings (SSSR count). The monoisotopic (exact) mass is 425 g/mol. The minimum atomic E-state index is -4.08. The maximum Gasteiger partial charge on any atom is 0.318 e. The van der Waals surface area contributed by atoms with Crippen molar-refractivity contribution in [1.82, 2.24) is 5.32 Å². The molecule has 1 atom stereocenters. The molecule has 9 heteroatoms. The molecule has 28 heavy (non-hydrogen) atoms. The average Bonchev–Trinajstić information content (AvgIpc) is 2.69. The molecule has 2 aliphatic rings. The number of benzene rings is 1. The summed E-state index contributed by atoms with van der Waals surface area (Å²) in [5.41, 5.74) is 9.26. The number of nitrogens with one attached hydrogen (secondary N) is 1. The highest BCUT2D eigenvalue weighted by Gasteiger charge is 2.23. The summed E-state index contributed by atoms with van der Waals surface area (Å²) in [6.45, 7) is 0. The quantitative estimate of drug-likeness (QED) is 0.434. The molecule has 1 unspecified atom stereocenters. The van der Waals surface area contributed by atoms with Crippen molar-refractivity contribution in [3.63, 3.8) is 0 Å². The van der Waals surface area contributed by atoms with E-state index in [1.54, 1.807) is 13.2 Å². The molecule has 0 aromatic heterocycles. The standard InChI is InChI=1S/C13H19N3O.C6H5ClO3S/c1-17-13-9-11(16-14)7-8-12(13)15-10-5-3-2-4-6-10;7-5-1-3-6(4-2-5)11(8,9)10/h7-10,12,15H,2-6H2,1H3;1-4H,(H,8,9,10). The summed E-state index contributed by atoms with van der Waals surface area (Å²) in [6, 6.07) is 5.93. The minimum Gasteiger partial charge on any atom is -0.499 e. The van der Waals surface area contributed by atoms with Gasteiger partial charge in [-0.15, -0.1) is 0 Å². The Hall–Kier alpha value is -1.96. The van der Waals surface area contributed by atoms with E-state index < -0.39 is 10.1 Å². The molecule has 7 nitrogen and oxygen atoms in total. The van der Waals surface area contributed by atoms with E-state index in [0.717, 1.165) is 5.76 Å². The molecule has 152 valence electrons. The van der Waals surface area contributed by atoms with Crippen LogP contribution in [0.2, 0.25) is 5.02 Å². The Kier molecular flexibility index (Phi) is 8.41. The third-order valence-electron chi connectivity index (χ3n) is 4.54. The highest BCUT2D eigenvalue weighted by atomic mass is 35.5. The molecule has 2 aliphatic carbocycles. The summed E-state index contributed by atoms with van der Waals surface area (Å²) in [5, 5.41) is 4.01. The number of hydrogen-bond acceptors (Lipinski definition) is 4. The highest BCUT2D eigenvalue weighted by Crippen LogP contribution is 2.20. The maximum absolute atomic E-state index is 10.5. The first kappa shape index (κ1) is 22.3. The maximum atomic E-state index is 10.5. The van der Waals surface area contributed by atoms with E-state index in [2.05, 4.69) is 10.1 Å². The number of allylic oxidation sites excluding steroid dienone is 2. The van der Waals surface area contributed by atoms with Gasteiger partial charge < -0.3 is 15.6 Å². The van der Waals surface area contributed by atoms with Crippen molar-refractivity contribution in [2.75, 3.05) is 7.11 Å². The van der Waals surface area contributed by atoms with Gasteiger partial charge in [0.25, 0.3) is 10.1 Å². The van der Waals surface area contributed by atoms with E-state index >= 15 is 0 Å². The van der Waals surface area contributed by atoms with Crippen molar-refractivity contribution >= 4 is 27.4 Å². The third kappa shape index (κ3) is 6.89. The van der Waals surface area contributed by atoms with E-state index in [4.69, 9.17) is 26.4 Å². The van der Waals surface area contributed by atoms with Crippen molar-refractivity contribution in [2.45, 2.75) is 49.1 Å². The second-order valence-corrected chi connectivity index (χ2v) is 8.40. The Labute approximate surface area is 170 Å². The lowest BCUT2D eigenvalue weighted by Crippen LogP contribution is -2.41. The molecule has 1 aromatic rings. The van der Waals surface area contributed by atoms with Gasteiger partial charge in [0.2, 0.25) is 0 Å². The molecule has 0 radical (unpaired) electrons. The Bertz CT molecular complexity index is 869. The molecule has 0 saturated heterocycles. The van der Waals surface area contributed by atoms with E-state index in [1.807, 2.05) is 12.2 Å². The molecule has 1 fully saturated rings. The largest absolute Gasteiger partial charge is 0.499 e. The lowest BCUT2D eigenvalue weighted by molar-refractivity contribution is -0.00209. The predicted molar refractivity (Wildman–Crippen MR) is 108 cm³/mol. The van der Waals surface area contributed by atoms with Gasteiger partial charge in [-0.05, 0) is 37.1 Å². The molecule has 0 spiro atoms. The van der Waals surface area contributed by atoms with E-state index in [-0.39, 0.29) is 10.9 Å². The topological polar surface area (TPSA) is 112 Å². The van der Waals surface area contributed by atoms with Gasteiger partial charge in [-0.3, -0.25) is 4.55 Å². The van der Waals surface area contributed by atoms with Gasteiger partial charge >= 0.3 is 5.71 Å². The SMILES string of the molecule is COC1=CC(=[N+]=[N-])C=CC1NC1CCCCC1.O=S(=O)(O)c1ccc(Cl)cc1. The molecule has 2 N–H and O–H groups in total. The highest BCUT2D eigenvalue weighted by molar-refractivity contribution is 7.85. The summed E-state index contributed by atoms with van der Waals surface area (Å²) in [5.74, 6) is 0.811. The second kappa shape index (κ2) is 10.5. The van der Waals surface area contributed by atoms with Gasteiger partial charge in [0, 0.05) is 17.1 Å². The first-order valence-electron chi connectivity index (χ1n) is 8.98. The van der Waals surface area contributed by atoms with Gasteiger partial charge in [-0.25, -0.2) is 0 Å². The fraction of sp³-hybridized carbons (Fsp3) is 0.421. The van der Waals surface area contributed by atoms with E-state index in [9.17, 15) is 8.42 Å². The molecule has 1 saturated carbocycles. The lowest BCUT2D eigenvalue weighted by atomic mass is 9.94. The second-order valence-electron chi connectivity index (χ2n) is 6.54. The summed E-state index contributed by atoms with van der Waals surface area (Å²) < 4.78 is 34.8.